The van der Waals surface area contributed by atoms with Crippen LogP contribution in [0, 0.1) is 11.8 Å². The summed E-state index contributed by atoms with van der Waals surface area (Å²) in [5.74, 6) is -0.294. The van der Waals surface area contributed by atoms with Gasteiger partial charge < -0.3 is 73.5 Å². The minimum absolute atomic E-state index is 0.112. The van der Waals surface area contributed by atoms with E-state index >= 15 is 0 Å². The first kappa shape index (κ1) is 32.9. The first-order chi connectivity index (χ1) is 20.3. The molecule has 3 saturated carbocycles. The number of ether oxygens (including phenoxy) is 3. The Labute approximate surface area is 252 Å². The van der Waals surface area contributed by atoms with Gasteiger partial charge in [-0.1, -0.05) is 0 Å². The third kappa shape index (κ3) is 6.59. The third-order valence-corrected chi connectivity index (χ3v) is 10.1. The molecule has 43 heavy (non-hydrogen) atoms. The predicted octanol–water partition coefficient (Wildman–Crippen LogP) is -4.59. The molecule has 5 rings (SSSR count). The van der Waals surface area contributed by atoms with Crippen molar-refractivity contribution < 1.29 is 39.4 Å². The SMILES string of the molecule is CN[C@@H]1[C@@H](O)[C@@H](O[C@H]2[C@H](NC(=O)C3(O)CC3N)C[C@H](N)C([C@H]3OC(CN)=CC[C@H]3NCC3CC(N)C3)[C@@H]2O)OC[C@]1(C)O. The fourth-order valence-electron chi connectivity index (χ4n) is 7.25. The number of carbonyl (C=O) groups excluding carboxylic acids is 1. The van der Waals surface area contributed by atoms with Crippen LogP contribution in [0.15, 0.2) is 11.8 Å². The number of rotatable bonds is 10. The minimum atomic E-state index is -1.71. The molecule has 15 N–H and O–H groups in total. The summed E-state index contributed by atoms with van der Waals surface area (Å²) in [7, 11) is 1.60. The van der Waals surface area contributed by atoms with E-state index in [0.717, 1.165) is 19.4 Å². The van der Waals surface area contributed by atoms with E-state index in [9.17, 15) is 25.2 Å². The summed E-state index contributed by atoms with van der Waals surface area (Å²) in [6.45, 7) is 2.32. The molecule has 13 atom stereocenters. The highest BCUT2D eigenvalue weighted by molar-refractivity contribution is 5.89. The first-order valence-corrected chi connectivity index (χ1v) is 15.4. The minimum Gasteiger partial charge on any atom is -0.492 e. The van der Waals surface area contributed by atoms with Gasteiger partial charge in [0.1, 0.15) is 29.7 Å². The second kappa shape index (κ2) is 12.7. The molecule has 2 aliphatic heterocycles. The van der Waals surface area contributed by atoms with Crippen LogP contribution in [-0.2, 0) is 19.0 Å². The average Bonchev–Trinajstić information content (AvgIpc) is 3.56. The van der Waals surface area contributed by atoms with Crippen molar-refractivity contribution in [3.63, 3.8) is 0 Å². The zero-order valence-electron chi connectivity index (χ0n) is 25.0. The van der Waals surface area contributed by atoms with E-state index in [4.69, 9.17) is 37.1 Å². The summed E-state index contributed by atoms with van der Waals surface area (Å²) in [5.41, 5.74) is 21.3. The molecule has 2 heterocycles. The highest BCUT2D eigenvalue weighted by Gasteiger charge is 2.59. The number of amides is 1. The van der Waals surface area contributed by atoms with Gasteiger partial charge in [-0.2, -0.15) is 0 Å². The van der Waals surface area contributed by atoms with Gasteiger partial charge in [0, 0.05) is 36.5 Å². The molecule has 0 aromatic carbocycles. The van der Waals surface area contributed by atoms with Crippen molar-refractivity contribution in [3.8, 4) is 0 Å². The maximum Gasteiger partial charge on any atom is 0.253 e. The summed E-state index contributed by atoms with van der Waals surface area (Å²) in [6, 6.07) is -2.95. The van der Waals surface area contributed by atoms with E-state index in [1.54, 1.807) is 7.05 Å². The normalized spacial score (nSPS) is 49.8. The van der Waals surface area contributed by atoms with Crippen molar-refractivity contribution in [1.82, 2.24) is 16.0 Å². The molecule has 5 aliphatic rings. The number of hydrogen-bond donors (Lipinski definition) is 11. The van der Waals surface area contributed by atoms with Crippen LogP contribution < -0.4 is 38.9 Å². The second-order valence-electron chi connectivity index (χ2n) is 13.5. The van der Waals surface area contributed by atoms with E-state index < -0.39 is 77.9 Å². The molecule has 4 fully saturated rings. The molecule has 3 unspecified atom stereocenters. The quantitative estimate of drug-likeness (QED) is 0.111. The zero-order chi connectivity index (χ0) is 31.3. The number of aliphatic hydroxyl groups is 4. The Hall–Kier alpha value is -1.47. The molecule has 0 aromatic rings. The third-order valence-electron chi connectivity index (χ3n) is 10.1. The Morgan fingerprint density at radius 3 is 2.44 bits per heavy atom. The Bertz CT molecular complexity index is 1030. The lowest BCUT2D eigenvalue weighted by molar-refractivity contribution is -0.297. The van der Waals surface area contributed by atoms with E-state index in [0.29, 0.717) is 18.1 Å². The van der Waals surface area contributed by atoms with Crippen LogP contribution in [0.2, 0.25) is 0 Å². The van der Waals surface area contributed by atoms with Crippen LogP contribution >= 0.6 is 0 Å². The highest BCUT2D eigenvalue weighted by atomic mass is 16.7. The second-order valence-corrected chi connectivity index (χ2v) is 13.5. The Morgan fingerprint density at radius 1 is 1.14 bits per heavy atom. The van der Waals surface area contributed by atoms with Crippen molar-refractivity contribution >= 4 is 5.91 Å². The lowest BCUT2D eigenvalue weighted by Gasteiger charge is -2.51. The monoisotopic (exact) mass is 613 g/mol. The van der Waals surface area contributed by atoms with Gasteiger partial charge in [0.2, 0.25) is 0 Å². The van der Waals surface area contributed by atoms with Gasteiger partial charge in [-0.25, -0.2) is 0 Å². The number of likely N-dealkylation sites (N-methyl/N-ethyl adjacent to an activating group) is 1. The average molecular weight is 614 g/mol. The van der Waals surface area contributed by atoms with Gasteiger partial charge in [-0.3, -0.25) is 4.79 Å². The molecule has 0 bridgehead atoms. The molecular formula is C28H51N7O8. The maximum absolute atomic E-state index is 13.0. The zero-order valence-corrected chi connectivity index (χ0v) is 25.0. The van der Waals surface area contributed by atoms with Crippen molar-refractivity contribution in [1.29, 1.82) is 0 Å². The van der Waals surface area contributed by atoms with Crippen LogP contribution in [0.4, 0.5) is 0 Å². The van der Waals surface area contributed by atoms with Gasteiger partial charge >= 0.3 is 0 Å². The fourth-order valence-corrected chi connectivity index (χ4v) is 7.25. The predicted molar refractivity (Wildman–Crippen MR) is 155 cm³/mol. The molecule has 0 spiro atoms. The summed E-state index contributed by atoms with van der Waals surface area (Å²) in [4.78, 5) is 13.0. The molecule has 3 aliphatic carbocycles. The summed E-state index contributed by atoms with van der Waals surface area (Å²) < 4.78 is 18.3. The van der Waals surface area contributed by atoms with E-state index in [1.165, 1.54) is 6.92 Å². The van der Waals surface area contributed by atoms with Gasteiger partial charge in [0.25, 0.3) is 5.91 Å². The lowest BCUT2D eigenvalue weighted by atomic mass is 9.72. The molecule has 15 heteroatoms. The molecule has 1 saturated heterocycles. The number of aliphatic hydroxyl groups excluding tert-OH is 2. The van der Waals surface area contributed by atoms with Crippen molar-refractivity contribution in [2.24, 2.45) is 34.8 Å². The van der Waals surface area contributed by atoms with E-state index in [1.807, 2.05) is 6.08 Å². The molecular weight excluding hydrogens is 562 g/mol. The van der Waals surface area contributed by atoms with Crippen molar-refractivity contribution in [3.05, 3.63) is 11.8 Å². The number of nitrogens with one attached hydrogen (secondary N) is 3. The molecule has 0 aromatic heterocycles. The highest BCUT2D eigenvalue weighted by Crippen LogP contribution is 2.39. The fraction of sp³-hybridized carbons (Fsp3) is 0.893. The lowest BCUT2D eigenvalue weighted by Crippen LogP contribution is -2.70. The van der Waals surface area contributed by atoms with Crippen LogP contribution in [0.3, 0.4) is 0 Å². The van der Waals surface area contributed by atoms with Crippen molar-refractivity contribution in [2.75, 3.05) is 26.7 Å². The summed E-state index contributed by atoms with van der Waals surface area (Å²) >= 11 is 0. The molecule has 246 valence electrons. The first-order valence-electron chi connectivity index (χ1n) is 15.4. The van der Waals surface area contributed by atoms with Crippen molar-refractivity contribution in [2.45, 2.75) is 117 Å². The van der Waals surface area contributed by atoms with E-state index in [2.05, 4.69) is 16.0 Å². The smallest absolute Gasteiger partial charge is 0.253 e. The largest absolute Gasteiger partial charge is 0.492 e. The van der Waals surface area contributed by atoms with Gasteiger partial charge in [-0.05, 0) is 58.2 Å². The number of nitrogens with two attached hydrogens (primary N) is 4. The van der Waals surface area contributed by atoms with Crippen LogP contribution in [0.25, 0.3) is 0 Å². The number of carbonyl (C=O) groups is 1. The van der Waals surface area contributed by atoms with Crippen LogP contribution in [-0.4, -0.2) is 131 Å². The summed E-state index contributed by atoms with van der Waals surface area (Å²) in [5, 5.41) is 53.6. The van der Waals surface area contributed by atoms with Crippen LogP contribution in [0.5, 0.6) is 0 Å². The molecule has 15 nitrogen and oxygen atoms in total. The topological polar surface area (TPSA) is 266 Å². The van der Waals surface area contributed by atoms with E-state index in [-0.39, 0.29) is 38.1 Å². The van der Waals surface area contributed by atoms with Crippen LogP contribution in [0.1, 0.15) is 39.0 Å². The summed E-state index contributed by atoms with van der Waals surface area (Å²) in [6.07, 6.45) is -0.813. The standard InChI is InChI=1S/C28H51N7O8/c1-27(39)11-41-25(21(37)24(27)33-2)43-23-17(35-26(38)28(40)8-18(28)32)7-15(31)19(20(23)36)22-16(4-3-14(9-29)42-22)34-10-12-5-13(30)6-12/h3,12-13,15-25,33-34,36-37,39-40H,4-11,29-32H2,1-2H3,(H,35,38)/t12?,13?,15-,16+,17+,18?,19?,20-,21+,22-,23-,24+,25+,27-,28?/m0/s1. The molecule has 0 radical (unpaired) electrons. The van der Waals surface area contributed by atoms with Gasteiger partial charge in [-0.15, -0.1) is 0 Å². The Balaban J connectivity index is 1.38. The number of hydrogen-bond acceptors (Lipinski definition) is 14. The van der Waals surface area contributed by atoms with Gasteiger partial charge in [0.15, 0.2) is 11.9 Å². The Kier molecular flexibility index (Phi) is 9.74. The van der Waals surface area contributed by atoms with Gasteiger partial charge in [0.05, 0.1) is 31.3 Å². The Morgan fingerprint density at radius 2 is 1.84 bits per heavy atom. The molecule has 1 amide bonds. The maximum atomic E-state index is 13.0.